The average molecular weight is 421 g/mol. The van der Waals surface area contributed by atoms with E-state index < -0.39 is 11.6 Å². The van der Waals surface area contributed by atoms with Crippen molar-refractivity contribution in [2.75, 3.05) is 19.3 Å². The minimum atomic E-state index is -1.05. The molecule has 9 heteroatoms. The van der Waals surface area contributed by atoms with Crippen molar-refractivity contribution in [1.29, 1.82) is 0 Å². The first-order valence-electron chi connectivity index (χ1n) is 9.74. The lowest BCUT2D eigenvalue weighted by Gasteiger charge is -2.14. The number of anilines is 1. The Kier molecular flexibility index (Phi) is 5.68. The maximum absolute atomic E-state index is 14.3. The molecule has 4 aromatic rings. The van der Waals surface area contributed by atoms with Gasteiger partial charge in [0, 0.05) is 18.3 Å². The van der Waals surface area contributed by atoms with Gasteiger partial charge in [0.2, 0.25) is 0 Å². The molecular weight excluding hydrogens is 400 g/mol. The second-order valence-electron chi connectivity index (χ2n) is 7.17. The van der Waals surface area contributed by atoms with Gasteiger partial charge in [0.15, 0.2) is 17.5 Å². The summed E-state index contributed by atoms with van der Waals surface area (Å²) in [5, 5.41) is 11.4. The highest BCUT2D eigenvalue weighted by atomic mass is 19.2. The molecule has 2 aromatic carbocycles. The van der Waals surface area contributed by atoms with E-state index in [0.29, 0.717) is 5.56 Å². The number of nitrogens with two attached hydrogens (primary N) is 1. The van der Waals surface area contributed by atoms with Crippen LogP contribution in [-0.2, 0) is 6.54 Å². The molecule has 0 radical (unpaired) electrons. The van der Waals surface area contributed by atoms with Crippen molar-refractivity contribution in [2.24, 2.45) is 0 Å². The van der Waals surface area contributed by atoms with Crippen molar-refractivity contribution >= 4 is 5.82 Å². The van der Waals surface area contributed by atoms with E-state index in [9.17, 15) is 8.78 Å². The number of hydrogen-bond acceptors (Lipinski definition) is 6. The van der Waals surface area contributed by atoms with E-state index >= 15 is 0 Å². The number of tetrazole rings is 1. The molecule has 0 saturated carbocycles. The number of nitrogens with zero attached hydrogens (tertiary/aromatic N) is 6. The molecule has 7 nitrogen and oxygen atoms in total. The molecule has 0 unspecified atom stereocenters. The Hall–Kier alpha value is -3.72. The molecule has 0 amide bonds. The zero-order valence-corrected chi connectivity index (χ0v) is 17.1. The third-order valence-electron chi connectivity index (χ3n) is 5.07. The van der Waals surface area contributed by atoms with Crippen LogP contribution in [0.2, 0.25) is 0 Å². The third kappa shape index (κ3) is 4.13. The molecular formula is C22H21F2N7. The summed E-state index contributed by atoms with van der Waals surface area (Å²) in [6, 6.07) is 13.7. The summed E-state index contributed by atoms with van der Waals surface area (Å²) in [6.45, 7) is 3.93. The van der Waals surface area contributed by atoms with Crippen molar-refractivity contribution in [3.05, 3.63) is 71.9 Å². The molecule has 0 saturated heterocycles. The van der Waals surface area contributed by atoms with Gasteiger partial charge in [0.25, 0.3) is 0 Å². The fraction of sp³-hybridized carbons (Fsp3) is 0.182. The van der Waals surface area contributed by atoms with Gasteiger partial charge in [-0.1, -0.05) is 37.3 Å². The van der Waals surface area contributed by atoms with E-state index in [1.807, 2.05) is 12.1 Å². The third-order valence-corrected chi connectivity index (χ3v) is 5.07. The Balaban J connectivity index is 1.72. The number of benzene rings is 2. The van der Waals surface area contributed by atoms with E-state index in [0.717, 1.165) is 35.0 Å². The summed E-state index contributed by atoms with van der Waals surface area (Å²) in [5.41, 5.74) is 9.31. The molecule has 31 heavy (non-hydrogen) atoms. The van der Waals surface area contributed by atoms with Gasteiger partial charge in [0.05, 0.1) is 5.56 Å². The van der Waals surface area contributed by atoms with Gasteiger partial charge in [-0.15, -0.1) is 5.10 Å². The first-order chi connectivity index (χ1) is 15.0. The second kappa shape index (κ2) is 8.57. The first-order valence-corrected chi connectivity index (χ1v) is 9.74. The van der Waals surface area contributed by atoms with Crippen LogP contribution in [0.5, 0.6) is 0 Å². The number of pyridine rings is 1. The Labute approximate surface area is 178 Å². The van der Waals surface area contributed by atoms with Crippen LogP contribution in [0.15, 0.2) is 54.7 Å². The Morgan fingerprint density at radius 3 is 2.58 bits per heavy atom. The van der Waals surface area contributed by atoms with Crippen molar-refractivity contribution in [2.45, 2.75) is 13.5 Å². The van der Waals surface area contributed by atoms with Gasteiger partial charge in [-0.05, 0) is 53.3 Å². The predicted molar refractivity (Wildman–Crippen MR) is 114 cm³/mol. The maximum atomic E-state index is 14.3. The number of hydrogen-bond donors (Lipinski definition) is 1. The molecule has 0 aliphatic carbocycles. The SMILES string of the molecule is CCN(C)Cc1ccc(-c2cnc(N)c(-c3nnnn3-c3cccc(F)c3F)c2)cc1. The normalized spacial score (nSPS) is 11.3. The van der Waals surface area contributed by atoms with Gasteiger partial charge in [-0.25, -0.2) is 13.8 Å². The van der Waals surface area contributed by atoms with Crippen molar-refractivity contribution in [3.8, 4) is 28.2 Å². The van der Waals surface area contributed by atoms with Gasteiger partial charge in [-0.2, -0.15) is 4.68 Å². The van der Waals surface area contributed by atoms with Crippen molar-refractivity contribution in [3.63, 3.8) is 0 Å². The molecule has 0 atom stereocenters. The van der Waals surface area contributed by atoms with Crippen LogP contribution >= 0.6 is 0 Å². The fourth-order valence-corrected chi connectivity index (χ4v) is 3.21. The quantitative estimate of drug-likeness (QED) is 0.511. The van der Waals surface area contributed by atoms with Crippen LogP contribution in [0.3, 0.4) is 0 Å². The molecule has 158 valence electrons. The van der Waals surface area contributed by atoms with Gasteiger partial charge >= 0.3 is 0 Å². The van der Waals surface area contributed by atoms with Gasteiger partial charge in [0.1, 0.15) is 11.5 Å². The largest absolute Gasteiger partial charge is 0.383 e. The molecule has 2 N–H and O–H groups in total. The van der Waals surface area contributed by atoms with Crippen LogP contribution in [0.1, 0.15) is 12.5 Å². The monoisotopic (exact) mass is 421 g/mol. The maximum Gasteiger partial charge on any atom is 0.190 e. The number of nitrogen functional groups attached to an aromatic ring is 1. The molecule has 2 aromatic heterocycles. The smallest absolute Gasteiger partial charge is 0.190 e. The molecule has 2 heterocycles. The minimum Gasteiger partial charge on any atom is -0.383 e. The topological polar surface area (TPSA) is 85.8 Å². The molecule has 4 rings (SSSR count). The van der Waals surface area contributed by atoms with E-state index in [1.165, 1.54) is 17.7 Å². The highest BCUT2D eigenvalue weighted by Crippen LogP contribution is 2.30. The Morgan fingerprint density at radius 1 is 1.06 bits per heavy atom. The molecule has 0 spiro atoms. The van der Waals surface area contributed by atoms with Crippen LogP contribution in [0.25, 0.3) is 28.2 Å². The number of halogens is 2. The summed E-state index contributed by atoms with van der Waals surface area (Å²) in [7, 11) is 2.07. The summed E-state index contributed by atoms with van der Waals surface area (Å²) in [6.07, 6.45) is 1.66. The summed E-state index contributed by atoms with van der Waals surface area (Å²) in [5.74, 6) is -1.70. The number of rotatable bonds is 6. The molecule has 0 fully saturated rings. The van der Waals surface area contributed by atoms with Gasteiger partial charge in [-0.3, -0.25) is 0 Å². The van der Waals surface area contributed by atoms with Crippen LogP contribution in [0, 0.1) is 11.6 Å². The average Bonchev–Trinajstić information content (AvgIpc) is 3.26. The highest BCUT2D eigenvalue weighted by Gasteiger charge is 2.19. The molecule has 0 bridgehead atoms. The zero-order valence-electron chi connectivity index (χ0n) is 17.1. The van der Waals surface area contributed by atoms with E-state index in [2.05, 4.69) is 51.5 Å². The molecule has 0 aliphatic rings. The Bertz CT molecular complexity index is 1200. The molecule has 0 aliphatic heterocycles. The Morgan fingerprint density at radius 2 is 1.84 bits per heavy atom. The number of aromatic nitrogens is 5. The highest BCUT2D eigenvalue weighted by molar-refractivity contribution is 5.76. The van der Waals surface area contributed by atoms with Crippen molar-refractivity contribution < 1.29 is 8.78 Å². The van der Waals surface area contributed by atoms with Crippen molar-refractivity contribution in [1.82, 2.24) is 30.1 Å². The fourth-order valence-electron chi connectivity index (χ4n) is 3.21. The summed E-state index contributed by atoms with van der Waals surface area (Å²) < 4.78 is 29.1. The first kappa shape index (κ1) is 20.5. The lowest BCUT2D eigenvalue weighted by molar-refractivity contribution is 0.346. The van der Waals surface area contributed by atoms with E-state index in [4.69, 9.17) is 5.73 Å². The zero-order chi connectivity index (χ0) is 22.0. The van der Waals surface area contributed by atoms with Crippen LogP contribution in [0.4, 0.5) is 14.6 Å². The summed E-state index contributed by atoms with van der Waals surface area (Å²) in [4.78, 5) is 6.47. The predicted octanol–water partition coefficient (Wildman–Crippen LogP) is 3.70. The van der Waals surface area contributed by atoms with Gasteiger partial charge < -0.3 is 10.6 Å². The lowest BCUT2D eigenvalue weighted by atomic mass is 10.0. The summed E-state index contributed by atoms with van der Waals surface area (Å²) >= 11 is 0. The van der Waals surface area contributed by atoms with E-state index in [1.54, 1.807) is 12.3 Å². The van der Waals surface area contributed by atoms with Crippen LogP contribution in [-0.4, -0.2) is 43.7 Å². The lowest BCUT2D eigenvalue weighted by Crippen LogP contribution is -2.16. The second-order valence-corrected chi connectivity index (χ2v) is 7.17. The standard InChI is InChI=1S/C22H21F2N7/c1-3-30(2)13-14-7-9-15(10-8-14)16-11-17(21(25)26-12-16)22-27-28-29-31(22)19-6-4-5-18(23)20(19)24/h4-12H,3,13H2,1-2H3,(H2,25,26). The minimum absolute atomic E-state index is 0.116. The van der Waals surface area contributed by atoms with E-state index in [-0.39, 0.29) is 17.3 Å². The van der Waals surface area contributed by atoms with Crippen LogP contribution < -0.4 is 5.73 Å².